The van der Waals surface area contributed by atoms with E-state index in [1.807, 2.05) is 85.8 Å². The van der Waals surface area contributed by atoms with E-state index in [4.69, 9.17) is 9.51 Å². The van der Waals surface area contributed by atoms with Crippen molar-refractivity contribution in [2.45, 2.75) is 46.1 Å². The third kappa shape index (κ3) is 6.56. The van der Waals surface area contributed by atoms with Crippen LogP contribution in [0.25, 0.3) is 22.5 Å². The third-order valence-corrected chi connectivity index (χ3v) is 6.76. The average Bonchev–Trinajstić information content (AvgIpc) is 3.38. The second-order valence-electron chi connectivity index (χ2n) is 9.43. The second kappa shape index (κ2) is 13.0. The van der Waals surface area contributed by atoms with Crippen LogP contribution in [0.15, 0.2) is 93.0 Å². The molecule has 3 aromatic carbocycles. The summed E-state index contributed by atoms with van der Waals surface area (Å²) in [6.07, 6.45) is 3.33. The van der Waals surface area contributed by atoms with Crippen LogP contribution in [0.5, 0.6) is 0 Å². The molecule has 8 heteroatoms. The maximum absolute atomic E-state index is 13.8. The number of aromatic nitrogens is 4. The van der Waals surface area contributed by atoms with E-state index in [2.05, 4.69) is 17.1 Å². The molecule has 0 fully saturated rings. The summed E-state index contributed by atoms with van der Waals surface area (Å²) in [5, 5.41) is 3.85. The molecule has 0 aliphatic heterocycles. The molecule has 0 amide bonds. The van der Waals surface area contributed by atoms with Gasteiger partial charge in [-0.05, 0) is 42.0 Å². The van der Waals surface area contributed by atoms with Crippen LogP contribution in [-0.2, 0) is 19.4 Å². The van der Waals surface area contributed by atoms with Crippen LogP contribution in [0.4, 0.5) is 0 Å². The van der Waals surface area contributed by atoms with Crippen LogP contribution in [0.3, 0.4) is 0 Å². The number of hydrogen-bond acceptors (Lipinski definition) is 5. The van der Waals surface area contributed by atoms with Crippen molar-refractivity contribution in [2.24, 2.45) is 0 Å². The van der Waals surface area contributed by atoms with Gasteiger partial charge < -0.3 is 0 Å². The van der Waals surface area contributed by atoms with Crippen LogP contribution < -0.4 is 11.3 Å². The summed E-state index contributed by atoms with van der Waals surface area (Å²) in [6.45, 7) is 4.56. The number of nitrogens with one attached hydrogen (secondary N) is 1. The first kappa shape index (κ1) is 28.5. The van der Waals surface area contributed by atoms with Crippen molar-refractivity contribution < 1.29 is 4.52 Å². The van der Waals surface area contributed by atoms with E-state index in [-0.39, 0.29) is 35.1 Å². The van der Waals surface area contributed by atoms with Crippen LogP contribution in [0.1, 0.15) is 48.0 Å². The van der Waals surface area contributed by atoms with E-state index < -0.39 is 5.76 Å². The van der Waals surface area contributed by atoms with Crippen LogP contribution in [-0.4, -0.2) is 49.2 Å². The van der Waals surface area contributed by atoms with Gasteiger partial charge in [-0.15, -0.1) is 0 Å². The molecular formula is C31H31N4NaO3. The molecule has 7 nitrogen and oxygen atoms in total. The first-order valence-corrected chi connectivity index (χ1v) is 12.9. The Morgan fingerprint density at radius 2 is 1.56 bits per heavy atom. The minimum absolute atomic E-state index is 0. The molecule has 0 aliphatic rings. The maximum atomic E-state index is 13.8. The van der Waals surface area contributed by atoms with Gasteiger partial charge in [-0.1, -0.05) is 97.4 Å². The normalized spacial score (nSPS) is 10.8. The van der Waals surface area contributed by atoms with Gasteiger partial charge in [-0.2, -0.15) is 0 Å². The molecule has 0 atom stereocenters. The number of nitrogens with zero attached hydrogens (tertiary/aromatic N) is 3. The van der Waals surface area contributed by atoms with Gasteiger partial charge in [0.1, 0.15) is 5.82 Å². The van der Waals surface area contributed by atoms with Gasteiger partial charge in [-0.25, -0.2) is 9.78 Å². The zero-order chi connectivity index (χ0) is 26.5. The first-order chi connectivity index (χ1) is 18.5. The molecule has 0 radical (unpaired) electrons. The number of unbranched alkanes of at least 4 members (excludes halogenated alkanes) is 1. The molecule has 0 aliphatic carbocycles. The number of hydrogen-bond donors (Lipinski definition) is 1. The Morgan fingerprint density at radius 3 is 2.23 bits per heavy atom. The van der Waals surface area contributed by atoms with Gasteiger partial charge in [0.2, 0.25) is 0 Å². The van der Waals surface area contributed by atoms with Gasteiger partial charge in [0.15, 0.2) is 5.82 Å². The summed E-state index contributed by atoms with van der Waals surface area (Å²) in [7, 11) is 0. The average molecular weight is 531 g/mol. The van der Waals surface area contributed by atoms with E-state index in [0.29, 0.717) is 18.8 Å². The third-order valence-electron chi connectivity index (χ3n) is 6.76. The Labute approximate surface area is 249 Å². The fourth-order valence-electron chi connectivity index (χ4n) is 4.73. The van der Waals surface area contributed by atoms with E-state index in [9.17, 15) is 9.59 Å². The fraction of sp³-hybridized carbons (Fsp3) is 0.226. The fourth-order valence-corrected chi connectivity index (χ4v) is 4.73. The molecule has 1 N–H and O–H groups in total. The predicted octanol–water partition coefficient (Wildman–Crippen LogP) is 4.90. The summed E-state index contributed by atoms with van der Waals surface area (Å²) in [6, 6.07) is 25.9. The van der Waals surface area contributed by atoms with Gasteiger partial charge >= 0.3 is 35.3 Å². The number of aromatic amines is 1. The van der Waals surface area contributed by atoms with Crippen molar-refractivity contribution in [3.8, 4) is 22.5 Å². The number of aryl methyl sites for hydroxylation is 2. The second-order valence-corrected chi connectivity index (χ2v) is 9.43. The Hall–Kier alpha value is -3.52. The van der Waals surface area contributed by atoms with Crippen molar-refractivity contribution >= 4 is 29.6 Å². The van der Waals surface area contributed by atoms with E-state index in [1.54, 1.807) is 4.57 Å². The molecule has 0 bridgehead atoms. The zero-order valence-corrected chi connectivity index (χ0v) is 21.6. The Bertz CT molecular complexity index is 1650. The van der Waals surface area contributed by atoms with Gasteiger partial charge in [0.05, 0.1) is 12.2 Å². The topological polar surface area (TPSA) is 93.8 Å². The molecule has 0 spiro atoms. The Balaban J connectivity index is 0.00000353. The Kier molecular flexibility index (Phi) is 9.51. The number of benzene rings is 3. The molecule has 5 rings (SSSR count). The molecule has 194 valence electrons. The van der Waals surface area contributed by atoms with Crippen molar-refractivity contribution in [1.82, 2.24) is 19.7 Å². The molecule has 0 unspecified atom stereocenters. The van der Waals surface area contributed by atoms with Crippen LogP contribution >= 0.6 is 0 Å². The minimum atomic E-state index is -0.589. The molecule has 2 aromatic heterocycles. The molecule has 39 heavy (non-hydrogen) atoms. The molecule has 0 saturated heterocycles. The summed E-state index contributed by atoms with van der Waals surface area (Å²) < 4.78 is 6.48. The number of H-pyrrole nitrogens is 1. The van der Waals surface area contributed by atoms with Crippen molar-refractivity contribution in [1.29, 1.82) is 0 Å². The van der Waals surface area contributed by atoms with E-state index in [0.717, 1.165) is 64.2 Å². The van der Waals surface area contributed by atoms with Crippen LogP contribution in [0.2, 0.25) is 0 Å². The predicted molar refractivity (Wildman–Crippen MR) is 155 cm³/mol. The summed E-state index contributed by atoms with van der Waals surface area (Å²) in [5.41, 5.74) is 6.46. The quantitative estimate of drug-likeness (QED) is 0.274. The molecular weight excluding hydrogens is 499 g/mol. The summed E-state index contributed by atoms with van der Waals surface area (Å²) in [5.74, 6) is 0.542. The van der Waals surface area contributed by atoms with Crippen molar-refractivity contribution in [2.75, 3.05) is 0 Å². The van der Waals surface area contributed by atoms with Gasteiger partial charge in [0.25, 0.3) is 5.56 Å². The SMILES string of the molecule is CCCCc1nc(C)n(Cc2ccccc2)c(=O)c1Cc1ccc(-c2ccccc2-c2noc(=O)[nH]2)cc1.[NaH]. The summed E-state index contributed by atoms with van der Waals surface area (Å²) in [4.78, 5) is 32.8. The molecule has 2 heterocycles. The standard InChI is InChI=1S/C31H30N4O3.Na.H/c1-3-4-14-28-27(30(36)35(21(2)32-28)20-23-10-6-5-7-11-23)19-22-15-17-24(18-16-22)25-12-8-9-13-26(25)29-33-31(37)38-34-29;;/h5-13,15-18H,3-4,14,19-20H2,1-2H3,(H,33,34,37);;. The Morgan fingerprint density at radius 1 is 0.872 bits per heavy atom. The van der Waals surface area contributed by atoms with E-state index in [1.165, 1.54) is 0 Å². The monoisotopic (exact) mass is 530 g/mol. The van der Waals surface area contributed by atoms with Crippen molar-refractivity contribution in [3.05, 3.63) is 128 Å². The van der Waals surface area contributed by atoms with Gasteiger partial charge in [-0.3, -0.25) is 18.9 Å². The van der Waals surface area contributed by atoms with E-state index >= 15 is 0 Å². The van der Waals surface area contributed by atoms with Crippen LogP contribution in [0, 0.1) is 6.92 Å². The van der Waals surface area contributed by atoms with Gasteiger partial charge in [0, 0.05) is 17.5 Å². The van der Waals surface area contributed by atoms with Crippen molar-refractivity contribution in [3.63, 3.8) is 0 Å². The summed E-state index contributed by atoms with van der Waals surface area (Å²) >= 11 is 0. The zero-order valence-electron chi connectivity index (χ0n) is 21.6. The first-order valence-electron chi connectivity index (χ1n) is 12.9. The molecule has 0 saturated carbocycles. The number of rotatable bonds is 9. The molecule has 5 aromatic rings.